The summed E-state index contributed by atoms with van der Waals surface area (Å²) in [5.74, 6) is 0.568. The highest BCUT2D eigenvalue weighted by Crippen LogP contribution is 2.14. The minimum absolute atomic E-state index is 0.0820. The summed E-state index contributed by atoms with van der Waals surface area (Å²) in [5, 5.41) is 0. The van der Waals surface area contributed by atoms with Crippen molar-refractivity contribution in [2.24, 2.45) is 5.92 Å². The number of hydrogen-bond acceptors (Lipinski definition) is 4. The van der Waals surface area contributed by atoms with Gasteiger partial charge in [0.1, 0.15) is 0 Å². The maximum Gasteiger partial charge on any atom is 0.250 e. The Morgan fingerprint density at radius 2 is 1.90 bits per heavy atom. The molecule has 0 N–H and O–H groups in total. The van der Waals surface area contributed by atoms with Crippen molar-refractivity contribution in [3.05, 3.63) is 12.2 Å². The lowest BCUT2D eigenvalue weighted by atomic mass is 10.1. The van der Waals surface area contributed by atoms with Crippen molar-refractivity contribution in [2.45, 2.75) is 19.9 Å². The lowest BCUT2D eigenvalue weighted by molar-refractivity contribution is -0.126. The van der Waals surface area contributed by atoms with Gasteiger partial charge < -0.3 is 9.64 Å². The number of nitrogens with zero attached hydrogens (tertiary/aromatic N) is 3. The molecule has 0 spiro atoms. The van der Waals surface area contributed by atoms with Crippen molar-refractivity contribution in [2.75, 3.05) is 59.5 Å². The SMILES string of the molecule is C=C(CN1CCN(C2COC2)CC1)C(=O)N(C)CC(C)C. The molecule has 0 saturated carbocycles. The van der Waals surface area contributed by atoms with Crippen molar-refractivity contribution in [3.8, 4) is 0 Å². The van der Waals surface area contributed by atoms with E-state index in [2.05, 4.69) is 30.2 Å². The highest BCUT2D eigenvalue weighted by molar-refractivity contribution is 5.93. The third kappa shape index (κ3) is 4.53. The van der Waals surface area contributed by atoms with E-state index in [9.17, 15) is 4.79 Å². The number of likely N-dealkylation sites (N-methyl/N-ethyl adjacent to an activating group) is 1. The average Bonchev–Trinajstić information content (AvgIpc) is 2.37. The number of piperazine rings is 1. The Kier molecular flexibility index (Phi) is 5.79. The molecule has 0 bridgehead atoms. The number of ether oxygens (including phenoxy) is 1. The van der Waals surface area contributed by atoms with E-state index in [1.54, 1.807) is 4.90 Å². The van der Waals surface area contributed by atoms with E-state index < -0.39 is 0 Å². The van der Waals surface area contributed by atoms with E-state index in [1.807, 2.05) is 7.05 Å². The van der Waals surface area contributed by atoms with Gasteiger partial charge in [-0.3, -0.25) is 14.6 Å². The summed E-state index contributed by atoms with van der Waals surface area (Å²) in [6, 6.07) is 0.620. The molecule has 1 amide bonds. The molecule has 2 aliphatic rings. The summed E-state index contributed by atoms with van der Waals surface area (Å²) in [4.78, 5) is 18.9. The molecule has 0 aliphatic carbocycles. The van der Waals surface area contributed by atoms with Crippen LogP contribution in [0, 0.1) is 5.92 Å². The van der Waals surface area contributed by atoms with Gasteiger partial charge in [0.15, 0.2) is 0 Å². The molecule has 0 aromatic rings. The van der Waals surface area contributed by atoms with Crippen molar-refractivity contribution >= 4 is 5.91 Å². The number of carbonyl (C=O) groups excluding carboxylic acids is 1. The summed E-state index contributed by atoms with van der Waals surface area (Å²) >= 11 is 0. The van der Waals surface area contributed by atoms with Crippen LogP contribution >= 0.6 is 0 Å². The first-order valence-corrected chi connectivity index (χ1v) is 7.94. The summed E-state index contributed by atoms with van der Waals surface area (Å²) in [6.07, 6.45) is 0. The highest BCUT2D eigenvalue weighted by Gasteiger charge is 2.29. The van der Waals surface area contributed by atoms with Crippen LogP contribution in [-0.2, 0) is 9.53 Å². The standard InChI is InChI=1S/C16H29N3O2/c1-13(2)9-17(4)16(20)14(3)10-18-5-7-19(8-6-18)15-11-21-12-15/h13,15H,3,5-12H2,1-2,4H3. The fourth-order valence-corrected chi connectivity index (χ4v) is 2.96. The molecule has 0 unspecified atom stereocenters. The van der Waals surface area contributed by atoms with Crippen LogP contribution in [0.15, 0.2) is 12.2 Å². The molecule has 2 saturated heterocycles. The van der Waals surface area contributed by atoms with E-state index in [-0.39, 0.29) is 5.91 Å². The molecule has 0 atom stereocenters. The molecule has 2 rings (SSSR count). The first kappa shape index (κ1) is 16.5. The minimum Gasteiger partial charge on any atom is -0.378 e. The number of amides is 1. The van der Waals surface area contributed by atoms with Gasteiger partial charge in [0.25, 0.3) is 0 Å². The van der Waals surface area contributed by atoms with Crippen LogP contribution in [0.25, 0.3) is 0 Å². The van der Waals surface area contributed by atoms with Gasteiger partial charge in [-0.05, 0) is 5.92 Å². The zero-order chi connectivity index (χ0) is 15.4. The first-order valence-electron chi connectivity index (χ1n) is 7.94. The predicted molar refractivity (Wildman–Crippen MR) is 84.2 cm³/mol. The molecule has 5 nitrogen and oxygen atoms in total. The Balaban J connectivity index is 1.72. The third-order valence-electron chi connectivity index (χ3n) is 4.25. The maximum absolute atomic E-state index is 12.3. The predicted octanol–water partition coefficient (Wildman–Crippen LogP) is 0.673. The van der Waals surface area contributed by atoms with E-state index in [4.69, 9.17) is 4.74 Å². The van der Waals surface area contributed by atoms with Crippen LogP contribution in [0.4, 0.5) is 0 Å². The Hall–Kier alpha value is -0.910. The summed E-state index contributed by atoms with van der Waals surface area (Å²) in [7, 11) is 1.86. The average molecular weight is 295 g/mol. The number of carbonyl (C=O) groups is 1. The van der Waals surface area contributed by atoms with Crippen molar-refractivity contribution in [1.29, 1.82) is 0 Å². The van der Waals surface area contributed by atoms with Gasteiger partial charge in [-0.1, -0.05) is 20.4 Å². The van der Waals surface area contributed by atoms with Crippen LogP contribution < -0.4 is 0 Å². The smallest absolute Gasteiger partial charge is 0.250 e. The third-order valence-corrected chi connectivity index (χ3v) is 4.25. The Labute approximate surface area is 128 Å². The van der Waals surface area contributed by atoms with Crippen LogP contribution in [-0.4, -0.2) is 86.2 Å². The molecule has 5 heteroatoms. The summed E-state index contributed by atoms with van der Waals surface area (Å²) in [6.45, 7) is 15.6. The maximum atomic E-state index is 12.3. The second-order valence-electron chi connectivity index (χ2n) is 6.69. The van der Waals surface area contributed by atoms with Crippen molar-refractivity contribution < 1.29 is 9.53 Å². The van der Waals surface area contributed by atoms with Gasteiger partial charge in [-0.15, -0.1) is 0 Å². The molecule has 0 aromatic heterocycles. The second-order valence-corrected chi connectivity index (χ2v) is 6.69. The van der Waals surface area contributed by atoms with Crippen molar-refractivity contribution in [1.82, 2.24) is 14.7 Å². The first-order chi connectivity index (χ1) is 9.97. The molecular weight excluding hydrogens is 266 g/mol. The molecule has 2 heterocycles. The Morgan fingerprint density at radius 1 is 1.29 bits per heavy atom. The monoisotopic (exact) mass is 295 g/mol. The van der Waals surface area contributed by atoms with Crippen LogP contribution in [0.5, 0.6) is 0 Å². The topological polar surface area (TPSA) is 36.0 Å². The highest BCUT2D eigenvalue weighted by atomic mass is 16.5. The Bertz CT molecular complexity index is 372. The minimum atomic E-state index is 0.0820. The molecule has 0 aromatic carbocycles. The van der Waals surface area contributed by atoms with Crippen LogP contribution in [0.1, 0.15) is 13.8 Å². The molecule has 21 heavy (non-hydrogen) atoms. The lowest BCUT2D eigenvalue weighted by Crippen LogP contribution is -2.56. The Morgan fingerprint density at radius 3 is 2.38 bits per heavy atom. The van der Waals surface area contributed by atoms with E-state index >= 15 is 0 Å². The molecule has 0 radical (unpaired) electrons. The molecule has 120 valence electrons. The lowest BCUT2D eigenvalue weighted by Gasteiger charge is -2.42. The zero-order valence-electron chi connectivity index (χ0n) is 13.7. The van der Waals surface area contributed by atoms with Crippen molar-refractivity contribution in [3.63, 3.8) is 0 Å². The van der Waals surface area contributed by atoms with Gasteiger partial charge in [-0.25, -0.2) is 0 Å². The van der Waals surface area contributed by atoms with Crippen LogP contribution in [0.2, 0.25) is 0 Å². The van der Waals surface area contributed by atoms with Gasteiger partial charge in [0, 0.05) is 51.9 Å². The molecule has 2 aliphatic heterocycles. The van der Waals surface area contributed by atoms with Gasteiger partial charge >= 0.3 is 0 Å². The van der Waals surface area contributed by atoms with Gasteiger partial charge in [-0.2, -0.15) is 0 Å². The largest absolute Gasteiger partial charge is 0.378 e. The van der Waals surface area contributed by atoms with E-state index in [1.165, 1.54) is 0 Å². The van der Waals surface area contributed by atoms with Crippen LogP contribution in [0.3, 0.4) is 0 Å². The van der Waals surface area contributed by atoms with E-state index in [0.717, 1.165) is 45.9 Å². The normalized spacial score (nSPS) is 21.3. The molecule has 2 fully saturated rings. The fourth-order valence-electron chi connectivity index (χ4n) is 2.96. The fraction of sp³-hybridized carbons (Fsp3) is 0.812. The quantitative estimate of drug-likeness (QED) is 0.675. The van der Waals surface area contributed by atoms with E-state index in [0.29, 0.717) is 24.1 Å². The summed E-state index contributed by atoms with van der Waals surface area (Å²) in [5.41, 5.74) is 0.707. The van der Waals surface area contributed by atoms with Gasteiger partial charge in [0.05, 0.1) is 19.3 Å². The molecular formula is C16H29N3O2. The zero-order valence-corrected chi connectivity index (χ0v) is 13.7. The second kappa shape index (κ2) is 7.38. The number of rotatable bonds is 6. The number of hydrogen-bond donors (Lipinski definition) is 0. The van der Waals surface area contributed by atoms with Gasteiger partial charge in [0.2, 0.25) is 5.91 Å². The summed E-state index contributed by atoms with van der Waals surface area (Å²) < 4.78 is 5.25.